The zero-order valence-corrected chi connectivity index (χ0v) is 18.5. The average Bonchev–Trinajstić information content (AvgIpc) is 2.95. The van der Waals surface area contributed by atoms with Crippen LogP contribution in [-0.2, 0) is 6.54 Å². The Bertz CT molecular complexity index is 869. The summed E-state index contributed by atoms with van der Waals surface area (Å²) in [6, 6.07) is 13.3. The number of aliphatic imine (C=N–C) groups is 1. The van der Waals surface area contributed by atoms with Crippen LogP contribution in [0.4, 0.5) is 4.39 Å². The Morgan fingerprint density at radius 2 is 1.69 bits per heavy atom. The van der Waals surface area contributed by atoms with Crippen molar-refractivity contribution in [2.24, 2.45) is 4.99 Å². The minimum absolute atomic E-state index is 0. The number of guanidine groups is 1. The van der Waals surface area contributed by atoms with Crippen LogP contribution >= 0.6 is 24.0 Å². The van der Waals surface area contributed by atoms with E-state index in [0.29, 0.717) is 43.1 Å². The van der Waals surface area contributed by atoms with Gasteiger partial charge in [-0.15, -0.1) is 24.0 Å². The molecule has 0 spiro atoms. The van der Waals surface area contributed by atoms with Crippen LogP contribution in [0, 0.1) is 5.82 Å². The maximum absolute atomic E-state index is 13.2. The van der Waals surface area contributed by atoms with Crippen LogP contribution in [0.3, 0.4) is 0 Å². The predicted molar refractivity (Wildman–Crippen MR) is 121 cm³/mol. The first-order valence-electron chi connectivity index (χ1n) is 9.24. The Balaban J connectivity index is 0.00000300. The summed E-state index contributed by atoms with van der Waals surface area (Å²) < 4.78 is 13.2. The van der Waals surface area contributed by atoms with Gasteiger partial charge >= 0.3 is 0 Å². The molecule has 0 unspecified atom stereocenters. The van der Waals surface area contributed by atoms with Gasteiger partial charge in [-0.1, -0.05) is 24.3 Å². The standard InChI is InChI=1S/C21H23FN4O2.HI/c1-23-21(25-14-15-7-6-8-16(22)13-15)24-11-4-5-12-26-19(27)17-9-2-3-10-18(17)20(26)28;/h2-3,6-10,13H,4-5,11-12,14H2,1H3,(H2,23,24,25);1H. The lowest BCUT2D eigenvalue weighted by molar-refractivity contribution is 0.0652. The molecule has 2 N–H and O–H groups in total. The van der Waals surface area contributed by atoms with Gasteiger partial charge in [-0.2, -0.15) is 0 Å². The first-order chi connectivity index (χ1) is 13.6. The zero-order chi connectivity index (χ0) is 19.9. The van der Waals surface area contributed by atoms with Gasteiger partial charge < -0.3 is 10.6 Å². The molecule has 0 saturated heterocycles. The summed E-state index contributed by atoms with van der Waals surface area (Å²) in [6.07, 6.45) is 1.47. The Labute approximate surface area is 186 Å². The molecule has 0 aromatic heterocycles. The summed E-state index contributed by atoms with van der Waals surface area (Å²) in [5.41, 5.74) is 1.79. The molecule has 3 rings (SSSR count). The van der Waals surface area contributed by atoms with Gasteiger partial charge in [0, 0.05) is 26.7 Å². The number of imide groups is 1. The molecule has 2 amide bonds. The van der Waals surface area contributed by atoms with E-state index in [1.54, 1.807) is 37.4 Å². The highest BCUT2D eigenvalue weighted by Gasteiger charge is 2.34. The monoisotopic (exact) mass is 510 g/mol. The normalized spacial score (nSPS) is 13.2. The Kier molecular flexibility index (Phi) is 8.56. The number of fused-ring (bicyclic) bond motifs is 1. The zero-order valence-electron chi connectivity index (χ0n) is 16.2. The molecular weight excluding hydrogens is 486 g/mol. The van der Waals surface area contributed by atoms with Gasteiger partial charge in [-0.3, -0.25) is 19.5 Å². The first kappa shape index (κ1) is 22.8. The molecule has 29 heavy (non-hydrogen) atoms. The third kappa shape index (κ3) is 5.75. The quantitative estimate of drug-likeness (QED) is 0.197. The number of unbranched alkanes of at least 4 members (excludes halogenated alkanes) is 1. The van der Waals surface area contributed by atoms with E-state index in [0.717, 1.165) is 12.0 Å². The molecule has 8 heteroatoms. The van der Waals surface area contributed by atoms with Gasteiger partial charge in [0.05, 0.1) is 11.1 Å². The van der Waals surface area contributed by atoms with Crippen LogP contribution < -0.4 is 10.6 Å². The fourth-order valence-corrected chi connectivity index (χ4v) is 3.10. The number of benzene rings is 2. The average molecular weight is 510 g/mol. The molecule has 1 aliphatic rings. The minimum atomic E-state index is -0.268. The number of nitrogens with one attached hydrogen (secondary N) is 2. The lowest BCUT2D eigenvalue weighted by atomic mass is 10.1. The summed E-state index contributed by atoms with van der Waals surface area (Å²) in [6.45, 7) is 1.50. The maximum Gasteiger partial charge on any atom is 0.261 e. The van der Waals surface area contributed by atoms with Crippen LogP contribution in [0.1, 0.15) is 39.1 Å². The van der Waals surface area contributed by atoms with E-state index in [1.807, 2.05) is 6.07 Å². The van der Waals surface area contributed by atoms with E-state index in [9.17, 15) is 14.0 Å². The van der Waals surface area contributed by atoms with Crippen LogP contribution in [0.25, 0.3) is 0 Å². The third-order valence-corrected chi connectivity index (χ3v) is 4.55. The number of hydrogen-bond acceptors (Lipinski definition) is 3. The van der Waals surface area contributed by atoms with E-state index < -0.39 is 0 Å². The van der Waals surface area contributed by atoms with E-state index in [2.05, 4.69) is 15.6 Å². The fraction of sp³-hybridized carbons (Fsp3) is 0.286. The summed E-state index contributed by atoms with van der Waals surface area (Å²) in [4.78, 5) is 30.0. The number of carbonyl (C=O) groups is 2. The predicted octanol–water partition coefficient (Wildman–Crippen LogP) is 3.19. The third-order valence-electron chi connectivity index (χ3n) is 4.55. The Morgan fingerprint density at radius 3 is 2.31 bits per heavy atom. The Hall–Kier alpha value is -2.49. The fourth-order valence-electron chi connectivity index (χ4n) is 3.10. The molecule has 1 heterocycles. The number of carbonyl (C=O) groups excluding carboxylic acids is 2. The lowest BCUT2D eigenvalue weighted by Gasteiger charge is -2.15. The van der Waals surface area contributed by atoms with Crippen molar-refractivity contribution in [3.63, 3.8) is 0 Å². The van der Waals surface area contributed by atoms with Gasteiger partial charge in [0.15, 0.2) is 5.96 Å². The van der Waals surface area contributed by atoms with E-state index >= 15 is 0 Å². The molecule has 2 aromatic rings. The molecule has 0 bridgehead atoms. The Morgan fingerprint density at radius 1 is 1.00 bits per heavy atom. The van der Waals surface area contributed by atoms with Crippen molar-refractivity contribution in [3.05, 3.63) is 71.0 Å². The smallest absolute Gasteiger partial charge is 0.261 e. The molecular formula is C21H24FIN4O2. The number of halogens is 2. The summed E-state index contributed by atoms with van der Waals surface area (Å²) >= 11 is 0. The van der Waals surface area contributed by atoms with Crippen molar-refractivity contribution < 1.29 is 14.0 Å². The summed E-state index contributed by atoms with van der Waals surface area (Å²) in [5, 5.41) is 6.30. The van der Waals surface area contributed by atoms with Crippen molar-refractivity contribution in [1.82, 2.24) is 15.5 Å². The van der Waals surface area contributed by atoms with Gasteiger partial charge in [-0.05, 0) is 42.7 Å². The van der Waals surface area contributed by atoms with Crippen LogP contribution in [0.2, 0.25) is 0 Å². The van der Waals surface area contributed by atoms with E-state index in [-0.39, 0.29) is 41.6 Å². The van der Waals surface area contributed by atoms with Crippen molar-refractivity contribution in [3.8, 4) is 0 Å². The van der Waals surface area contributed by atoms with Crippen LogP contribution in [0.15, 0.2) is 53.5 Å². The minimum Gasteiger partial charge on any atom is -0.356 e. The number of hydrogen-bond donors (Lipinski definition) is 2. The van der Waals surface area contributed by atoms with Crippen LogP contribution in [-0.4, -0.2) is 42.8 Å². The molecule has 6 nitrogen and oxygen atoms in total. The van der Waals surface area contributed by atoms with Crippen molar-refractivity contribution in [2.75, 3.05) is 20.1 Å². The number of nitrogens with zero attached hydrogens (tertiary/aromatic N) is 2. The number of rotatable bonds is 7. The topological polar surface area (TPSA) is 73.8 Å². The summed E-state index contributed by atoms with van der Waals surface area (Å²) in [5.74, 6) is -0.0948. The maximum atomic E-state index is 13.2. The molecule has 0 saturated carbocycles. The van der Waals surface area contributed by atoms with Gasteiger partial charge in [0.25, 0.3) is 11.8 Å². The number of amides is 2. The van der Waals surface area contributed by atoms with E-state index in [4.69, 9.17) is 0 Å². The van der Waals surface area contributed by atoms with Gasteiger partial charge in [0.1, 0.15) is 5.82 Å². The highest BCUT2D eigenvalue weighted by Crippen LogP contribution is 2.22. The van der Waals surface area contributed by atoms with Crippen molar-refractivity contribution in [2.45, 2.75) is 19.4 Å². The van der Waals surface area contributed by atoms with Gasteiger partial charge in [0.2, 0.25) is 0 Å². The second-order valence-electron chi connectivity index (χ2n) is 6.50. The van der Waals surface area contributed by atoms with Crippen molar-refractivity contribution in [1.29, 1.82) is 0 Å². The van der Waals surface area contributed by atoms with Crippen LogP contribution in [0.5, 0.6) is 0 Å². The highest BCUT2D eigenvalue weighted by molar-refractivity contribution is 14.0. The lowest BCUT2D eigenvalue weighted by Crippen LogP contribution is -2.37. The highest BCUT2D eigenvalue weighted by atomic mass is 127. The molecule has 154 valence electrons. The second-order valence-corrected chi connectivity index (χ2v) is 6.50. The molecule has 0 fully saturated rings. The summed E-state index contributed by atoms with van der Waals surface area (Å²) in [7, 11) is 1.67. The van der Waals surface area contributed by atoms with E-state index in [1.165, 1.54) is 17.0 Å². The van der Waals surface area contributed by atoms with Crippen molar-refractivity contribution >= 4 is 41.8 Å². The molecule has 0 radical (unpaired) electrons. The largest absolute Gasteiger partial charge is 0.356 e. The second kappa shape index (κ2) is 10.9. The molecule has 0 atom stereocenters. The van der Waals surface area contributed by atoms with Gasteiger partial charge in [-0.25, -0.2) is 4.39 Å². The molecule has 0 aliphatic carbocycles. The molecule has 1 aliphatic heterocycles. The molecule has 2 aromatic carbocycles. The first-order valence-corrected chi connectivity index (χ1v) is 9.24. The SMILES string of the molecule is CN=C(NCCCCN1C(=O)c2ccccc2C1=O)NCc1cccc(F)c1.I.